The zero-order chi connectivity index (χ0) is 20.3. The van der Waals surface area contributed by atoms with Crippen LogP contribution in [0.4, 0.5) is 0 Å². The molecule has 3 rings (SSSR count). The Kier molecular flexibility index (Phi) is 6.16. The number of aryl methyl sites for hydroxylation is 1. The molecule has 0 radical (unpaired) electrons. The van der Waals surface area contributed by atoms with Crippen molar-refractivity contribution in [3.05, 3.63) is 66.2 Å². The Morgan fingerprint density at radius 2 is 1.41 bits per heavy atom. The summed E-state index contributed by atoms with van der Waals surface area (Å²) in [6.07, 6.45) is 2.80. The molecule has 1 aliphatic heterocycles. The van der Waals surface area contributed by atoms with Crippen molar-refractivity contribution in [2.45, 2.75) is 70.1 Å². The highest BCUT2D eigenvalue weighted by molar-refractivity contribution is 6.73. The Bertz CT molecular complexity index is 738. The molecule has 0 spiro atoms. The van der Waals surface area contributed by atoms with Crippen LogP contribution in [-0.4, -0.2) is 28.3 Å². The van der Waals surface area contributed by atoms with Crippen molar-refractivity contribution in [2.24, 2.45) is 0 Å². The van der Waals surface area contributed by atoms with Gasteiger partial charge in [0.25, 0.3) is 0 Å². The topological polar surface area (TPSA) is 18.5 Å². The molecule has 2 nitrogen and oxygen atoms in total. The van der Waals surface area contributed by atoms with E-state index < -0.39 is 8.73 Å². The second-order valence-electron chi connectivity index (χ2n) is 8.53. The van der Waals surface area contributed by atoms with Crippen molar-refractivity contribution in [1.29, 1.82) is 1.23 Å². The molecule has 1 heterocycles. The molecule has 0 saturated carbocycles. The Morgan fingerprint density at radius 3 is 2.00 bits per heavy atom. The van der Waals surface area contributed by atoms with E-state index in [1.165, 1.54) is 10.8 Å². The molecule has 4 heteroatoms. The Hall–Kier alpha value is -1.36. The summed E-state index contributed by atoms with van der Waals surface area (Å²) >= 11 is 0. The van der Waals surface area contributed by atoms with Gasteiger partial charge in [0.1, 0.15) is 0 Å². The molecule has 1 fully saturated rings. The summed E-state index contributed by atoms with van der Waals surface area (Å²) in [4.78, 5) is 0. The third kappa shape index (κ3) is 5.34. The highest BCUT2D eigenvalue weighted by atomic mass is 28.3. The number of benzene rings is 2. The maximum absolute atomic E-state index is 9.40. The molecule has 1 aliphatic rings. The Balaban J connectivity index is 1.63. The lowest BCUT2D eigenvalue weighted by Crippen LogP contribution is -2.41. The third-order valence-electron chi connectivity index (χ3n) is 5.96. The van der Waals surface area contributed by atoms with E-state index in [4.69, 9.17) is 9.31 Å². The molecular weight excluding hydrogens is 347 g/mol. The minimum absolute atomic E-state index is 0.159. The fourth-order valence-electron chi connectivity index (χ4n) is 3.59. The lowest BCUT2D eigenvalue weighted by molar-refractivity contribution is 0.00578. The van der Waals surface area contributed by atoms with E-state index in [-0.39, 0.29) is 18.3 Å². The van der Waals surface area contributed by atoms with E-state index in [1.54, 1.807) is 0 Å². The minimum Gasteiger partial charge on any atom is -0.403 e. The van der Waals surface area contributed by atoms with Gasteiger partial charge in [-0.2, -0.15) is 0 Å². The van der Waals surface area contributed by atoms with Gasteiger partial charge in [0.05, 0.1) is 19.9 Å². The van der Waals surface area contributed by atoms with Crippen LogP contribution in [0, 0.1) is 0 Å². The Labute approximate surface area is 168 Å². The van der Waals surface area contributed by atoms with Gasteiger partial charge in [0, 0.05) is 1.23 Å². The van der Waals surface area contributed by atoms with Crippen LogP contribution < -0.4 is 5.19 Å². The quantitative estimate of drug-likeness (QED) is 0.609. The second-order valence-corrected chi connectivity index (χ2v) is 11.3. The average Bonchev–Trinajstić information content (AvgIpc) is 2.88. The average molecular weight is 381 g/mol. The van der Waals surface area contributed by atoms with Gasteiger partial charge in [-0.05, 0) is 46.0 Å². The molecule has 0 amide bonds. The van der Waals surface area contributed by atoms with Gasteiger partial charge < -0.3 is 9.31 Å². The largest absolute Gasteiger partial charge is 0.457 e. The summed E-state index contributed by atoms with van der Waals surface area (Å²) in [7, 11) is -2.47. The van der Waals surface area contributed by atoms with E-state index in [1.807, 2.05) is 6.07 Å². The van der Waals surface area contributed by atoms with Crippen molar-refractivity contribution >= 4 is 21.0 Å². The molecule has 2 aromatic rings. The SMILES string of the molecule is [2H][Si](CCCB1OC(C)(C)C(C)(C)O1)(CCc1ccccc1)c1ccccc1. The van der Waals surface area contributed by atoms with Gasteiger partial charge in [-0.3, -0.25) is 0 Å². The van der Waals surface area contributed by atoms with Crippen molar-refractivity contribution < 1.29 is 9.31 Å². The molecule has 27 heavy (non-hydrogen) atoms. The molecule has 0 bridgehead atoms. The molecule has 1 atom stereocenters. The first-order valence-electron chi connectivity index (χ1n) is 10.7. The van der Waals surface area contributed by atoms with Gasteiger partial charge in [0.2, 0.25) is 0 Å². The second kappa shape index (κ2) is 8.76. The summed E-state index contributed by atoms with van der Waals surface area (Å²) in [5.41, 5.74) is 0.772. The molecule has 0 aromatic heterocycles. The maximum Gasteiger partial charge on any atom is 0.457 e. The zero-order valence-electron chi connectivity index (χ0n) is 18.2. The molecule has 1 unspecified atom stereocenters. The van der Waals surface area contributed by atoms with Gasteiger partial charge in [-0.15, -0.1) is 0 Å². The van der Waals surface area contributed by atoms with Crippen LogP contribution in [0.5, 0.6) is 0 Å². The van der Waals surface area contributed by atoms with Gasteiger partial charge >= 0.3 is 7.12 Å². The normalized spacial score (nSPS) is 20.9. The Morgan fingerprint density at radius 1 is 0.852 bits per heavy atom. The lowest BCUT2D eigenvalue weighted by atomic mass is 9.83. The maximum atomic E-state index is 9.40. The van der Waals surface area contributed by atoms with Crippen molar-refractivity contribution in [2.75, 3.05) is 0 Å². The van der Waals surface area contributed by atoms with E-state index in [0.29, 0.717) is 0 Å². The predicted octanol–water partition coefficient (Wildman–Crippen LogP) is 4.85. The fraction of sp³-hybridized carbons (Fsp3) is 0.478. The molecular formula is C23H33BO2Si. The minimum atomic E-state index is -2.31. The highest BCUT2D eigenvalue weighted by Gasteiger charge is 2.50. The summed E-state index contributed by atoms with van der Waals surface area (Å²) in [6, 6.07) is 22.9. The highest BCUT2D eigenvalue weighted by Crippen LogP contribution is 2.38. The van der Waals surface area contributed by atoms with Gasteiger partial charge in [0.15, 0.2) is 0 Å². The van der Waals surface area contributed by atoms with E-state index in [0.717, 1.165) is 31.3 Å². The molecule has 144 valence electrons. The standard InChI is InChI=1S/C23H33BO2Si/c1-22(2)23(3,4)26-24(25-22)17-11-18-27(21-14-9-6-10-15-21)19-16-20-12-7-5-8-13-20/h5-10,12-15,27H,11,16-19H2,1-4H3/i27D. The lowest BCUT2D eigenvalue weighted by Gasteiger charge is -2.32. The molecule has 0 N–H and O–H groups in total. The van der Waals surface area contributed by atoms with E-state index in [9.17, 15) is 1.23 Å². The summed E-state index contributed by atoms with van der Waals surface area (Å²) in [6.45, 7) is 8.39. The van der Waals surface area contributed by atoms with Gasteiger partial charge in [-0.25, -0.2) is 0 Å². The van der Waals surface area contributed by atoms with E-state index >= 15 is 0 Å². The smallest absolute Gasteiger partial charge is 0.403 e. The first-order valence-corrected chi connectivity index (χ1v) is 12.1. The van der Waals surface area contributed by atoms with E-state index in [2.05, 4.69) is 82.3 Å². The van der Waals surface area contributed by atoms with Crippen molar-refractivity contribution in [3.8, 4) is 0 Å². The van der Waals surface area contributed by atoms with Crippen molar-refractivity contribution in [3.63, 3.8) is 0 Å². The van der Waals surface area contributed by atoms with Crippen LogP contribution in [0.25, 0.3) is 0 Å². The van der Waals surface area contributed by atoms with Crippen LogP contribution in [0.15, 0.2) is 60.7 Å². The number of hydrogen-bond acceptors (Lipinski definition) is 2. The first kappa shape index (κ1) is 19.0. The number of rotatable bonds is 8. The van der Waals surface area contributed by atoms with Crippen molar-refractivity contribution in [1.82, 2.24) is 0 Å². The number of hydrogen-bond donors (Lipinski definition) is 0. The van der Waals surface area contributed by atoms with Crippen LogP contribution in [0.1, 0.15) is 39.7 Å². The molecule has 2 aromatic carbocycles. The van der Waals surface area contributed by atoms with Crippen LogP contribution in [-0.2, 0) is 15.7 Å². The molecule has 0 aliphatic carbocycles. The summed E-state index contributed by atoms with van der Waals surface area (Å²) < 4.78 is 21.7. The zero-order valence-corrected chi connectivity index (χ0v) is 18.2. The fourth-order valence-corrected chi connectivity index (χ4v) is 6.31. The first-order chi connectivity index (χ1) is 13.2. The van der Waals surface area contributed by atoms with Gasteiger partial charge in [-0.1, -0.05) is 84.4 Å². The predicted molar refractivity (Wildman–Crippen MR) is 118 cm³/mol. The van der Waals surface area contributed by atoms with Crippen LogP contribution in [0.2, 0.25) is 18.4 Å². The molecule has 1 saturated heterocycles. The van der Waals surface area contributed by atoms with Crippen LogP contribution >= 0.6 is 0 Å². The van der Waals surface area contributed by atoms with Crippen LogP contribution in [0.3, 0.4) is 0 Å². The third-order valence-corrected chi connectivity index (χ3v) is 8.92. The summed E-state index contributed by atoms with van der Waals surface area (Å²) in [5.74, 6) is 0. The monoisotopic (exact) mass is 381 g/mol. The summed E-state index contributed by atoms with van der Waals surface area (Å²) in [5, 5.41) is 1.24.